The van der Waals surface area contributed by atoms with Crippen molar-refractivity contribution in [3.63, 3.8) is 0 Å². The van der Waals surface area contributed by atoms with Gasteiger partial charge in [0.05, 0.1) is 38.5 Å². The molecule has 0 saturated carbocycles. The molecule has 0 amide bonds. The van der Waals surface area contributed by atoms with Crippen LogP contribution in [0.15, 0.2) is 30.6 Å². The highest BCUT2D eigenvalue weighted by atomic mass is 35.5. The molecule has 0 spiro atoms. The van der Waals surface area contributed by atoms with Gasteiger partial charge >= 0.3 is 0 Å². The summed E-state index contributed by atoms with van der Waals surface area (Å²) in [4.78, 5) is 4.36. The third-order valence-corrected chi connectivity index (χ3v) is 4.34. The average molecular weight is 336 g/mol. The number of fused-ring (bicyclic) bond motifs is 2. The Labute approximate surface area is 133 Å². The van der Waals surface area contributed by atoms with Crippen LogP contribution in [0, 0.1) is 0 Å². The molecule has 0 atom stereocenters. The monoisotopic (exact) mass is 335 g/mol. The fourth-order valence-electron chi connectivity index (χ4n) is 2.30. The molecule has 5 nitrogen and oxygen atoms in total. The smallest absolute Gasteiger partial charge is 0.131 e. The van der Waals surface area contributed by atoms with Gasteiger partial charge in [-0.25, -0.2) is 4.98 Å². The molecule has 0 aliphatic heterocycles. The summed E-state index contributed by atoms with van der Waals surface area (Å²) in [5.74, 6) is 0. The number of anilines is 1. The minimum atomic E-state index is 0.487. The Bertz CT molecular complexity index is 991. The van der Waals surface area contributed by atoms with Crippen LogP contribution in [-0.2, 0) is 0 Å². The average Bonchev–Trinajstić information content (AvgIpc) is 3.06. The van der Waals surface area contributed by atoms with Gasteiger partial charge < -0.3 is 5.73 Å². The van der Waals surface area contributed by atoms with Crippen LogP contribution >= 0.6 is 34.9 Å². The number of rotatable bonds is 1. The van der Waals surface area contributed by atoms with Crippen molar-refractivity contribution < 1.29 is 0 Å². The van der Waals surface area contributed by atoms with Crippen molar-refractivity contribution in [2.75, 3.05) is 5.73 Å². The zero-order valence-corrected chi connectivity index (χ0v) is 12.7. The molecule has 4 aromatic rings. The van der Waals surface area contributed by atoms with E-state index in [1.165, 1.54) is 0 Å². The van der Waals surface area contributed by atoms with Gasteiger partial charge in [0, 0.05) is 5.69 Å². The first-order chi connectivity index (χ1) is 10.1. The molecule has 21 heavy (non-hydrogen) atoms. The summed E-state index contributed by atoms with van der Waals surface area (Å²) in [5, 5.41) is 0.984. The van der Waals surface area contributed by atoms with E-state index >= 15 is 0 Å². The Morgan fingerprint density at radius 3 is 2.71 bits per heavy atom. The number of nitrogens with two attached hydrogens (primary N) is 1. The molecule has 8 heteroatoms. The minimum absolute atomic E-state index is 0.487. The fraction of sp³-hybridized carbons (Fsp3) is 0. The van der Waals surface area contributed by atoms with Gasteiger partial charge in [0.2, 0.25) is 0 Å². The van der Waals surface area contributed by atoms with Crippen molar-refractivity contribution in [2.24, 2.45) is 0 Å². The first-order valence-electron chi connectivity index (χ1n) is 5.98. The van der Waals surface area contributed by atoms with Crippen molar-refractivity contribution in [2.45, 2.75) is 0 Å². The van der Waals surface area contributed by atoms with E-state index in [1.54, 1.807) is 12.4 Å². The van der Waals surface area contributed by atoms with E-state index in [0.717, 1.165) is 28.4 Å². The third-order valence-electron chi connectivity index (χ3n) is 3.23. The summed E-state index contributed by atoms with van der Waals surface area (Å²) in [7, 11) is 0. The molecular formula is C13H7Cl2N5S. The zero-order chi connectivity index (χ0) is 14.6. The van der Waals surface area contributed by atoms with E-state index in [9.17, 15) is 0 Å². The lowest BCUT2D eigenvalue weighted by molar-refractivity contribution is 1.10. The summed E-state index contributed by atoms with van der Waals surface area (Å²) in [6.07, 6.45) is 1.69. The van der Waals surface area contributed by atoms with Gasteiger partial charge in [-0.1, -0.05) is 23.2 Å². The Morgan fingerprint density at radius 1 is 1.05 bits per heavy atom. The molecule has 0 fully saturated rings. The highest BCUT2D eigenvalue weighted by molar-refractivity contribution is 7.00. The van der Waals surface area contributed by atoms with Crippen molar-refractivity contribution in [3.8, 4) is 5.69 Å². The molecule has 2 aromatic heterocycles. The highest BCUT2D eigenvalue weighted by Gasteiger charge is 2.17. The quantitative estimate of drug-likeness (QED) is 0.535. The highest BCUT2D eigenvalue weighted by Crippen LogP contribution is 2.35. The van der Waals surface area contributed by atoms with Crippen LogP contribution in [0.2, 0.25) is 10.0 Å². The van der Waals surface area contributed by atoms with Crippen LogP contribution in [0.3, 0.4) is 0 Å². The van der Waals surface area contributed by atoms with E-state index < -0.39 is 0 Å². The maximum absolute atomic E-state index is 6.37. The molecule has 0 unspecified atom stereocenters. The third kappa shape index (κ3) is 1.87. The predicted molar refractivity (Wildman–Crippen MR) is 86.5 cm³/mol. The predicted octanol–water partition coefficient (Wildman–Crippen LogP) is 3.92. The number of nitrogen functional groups attached to an aromatic ring is 1. The molecule has 2 N–H and O–H groups in total. The molecule has 2 heterocycles. The van der Waals surface area contributed by atoms with Crippen LogP contribution in [0.4, 0.5) is 5.69 Å². The Hall–Kier alpha value is -1.89. The number of benzene rings is 2. The molecule has 104 valence electrons. The standard InChI is InChI=1S/C13H7Cl2N5S/c14-7-4-8(15)13(12-11(7)18-21-19-12)20-5-17-9-3-6(16)1-2-10(9)20/h1-5H,16H2. The van der Waals surface area contributed by atoms with Crippen LogP contribution in [0.1, 0.15) is 0 Å². The number of imidazole rings is 1. The van der Waals surface area contributed by atoms with Crippen molar-refractivity contribution in [1.29, 1.82) is 0 Å². The van der Waals surface area contributed by atoms with Gasteiger partial charge in [-0.05, 0) is 24.3 Å². The van der Waals surface area contributed by atoms with Gasteiger partial charge in [0.15, 0.2) is 0 Å². The van der Waals surface area contributed by atoms with Crippen molar-refractivity contribution in [1.82, 2.24) is 18.3 Å². The lowest BCUT2D eigenvalue weighted by atomic mass is 10.2. The van der Waals surface area contributed by atoms with Crippen LogP contribution in [0.5, 0.6) is 0 Å². The van der Waals surface area contributed by atoms with E-state index in [4.69, 9.17) is 28.9 Å². The second kappa shape index (κ2) is 4.56. The maximum Gasteiger partial charge on any atom is 0.131 e. The fourth-order valence-corrected chi connectivity index (χ4v) is 3.50. The van der Waals surface area contributed by atoms with E-state index in [2.05, 4.69) is 13.7 Å². The van der Waals surface area contributed by atoms with E-state index in [-0.39, 0.29) is 0 Å². The van der Waals surface area contributed by atoms with Gasteiger partial charge in [-0.15, -0.1) is 0 Å². The van der Waals surface area contributed by atoms with Gasteiger partial charge in [0.25, 0.3) is 0 Å². The number of hydrogen-bond donors (Lipinski definition) is 1. The van der Waals surface area contributed by atoms with E-state index in [0.29, 0.717) is 26.8 Å². The summed E-state index contributed by atoms with van der Waals surface area (Å²) >= 11 is 13.6. The lowest BCUT2D eigenvalue weighted by Crippen LogP contribution is -1.96. The van der Waals surface area contributed by atoms with Gasteiger partial charge in [-0.3, -0.25) is 4.57 Å². The molecule has 0 saturated heterocycles. The Balaban J connectivity index is 2.11. The largest absolute Gasteiger partial charge is 0.399 e. The molecule has 0 bridgehead atoms. The Morgan fingerprint density at radius 2 is 1.86 bits per heavy atom. The van der Waals surface area contributed by atoms with Gasteiger partial charge in [-0.2, -0.15) is 8.75 Å². The Kier molecular flexibility index (Phi) is 2.78. The molecule has 0 radical (unpaired) electrons. The number of nitrogens with zero attached hydrogens (tertiary/aromatic N) is 4. The van der Waals surface area contributed by atoms with Gasteiger partial charge in [0.1, 0.15) is 17.4 Å². The first kappa shape index (κ1) is 12.8. The first-order valence-corrected chi connectivity index (χ1v) is 7.47. The van der Waals surface area contributed by atoms with E-state index in [1.807, 2.05) is 22.8 Å². The lowest BCUT2D eigenvalue weighted by Gasteiger charge is -2.08. The summed E-state index contributed by atoms with van der Waals surface area (Å²) in [6.45, 7) is 0. The van der Waals surface area contributed by atoms with Crippen LogP contribution < -0.4 is 5.73 Å². The summed E-state index contributed by atoms with van der Waals surface area (Å²) in [5.41, 5.74) is 10.1. The zero-order valence-electron chi connectivity index (χ0n) is 10.4. The van der Waals surface area contributed by atoms with Crippen molar-refractivity contribution >= 4 is 62.7 Å². The molecule has 2 aromatic carbocycles. The summed E-state index contributed by atoms with van der Waals surface area (Å²) in [6, 6.07) is 7.20. The van der Waals surface area contributed by atoms with Crippen LogP contribution in [0.25, 0.3) is 27.8 Å². The second-order valence-corrected chi connectivity index (χ2v) is 5.86. The number of hydrogen-bond acceptors (Lipinski definition) is 5. The number of halogens is 2. The molecule has 0 aliphatic rings. The minimum Gasteiger partial charge on any atom is -0.399 e. The van der Waals surface area contributed by atoms with Crippen molar-refractivity contribution in [3.05, 3.63) is 40.6 Å². The van der Waals surface area contributed by atoms with Crippen LogP contribution in [-0.4, -0.2) is 18.3 Å². The molecular weight excluding hydrogens is 329 g/mol. The second-order valence-electron chi connectivity index (χ2n) is 4.51. The topological polar surface area (TPSA) is 69.6 Å². The molecule has 0 aliphatic carbocycles. The summed E-state index contributed by atoms with van der Waals surface area (Å²) < 4.78 is 10.4. The SMILES string of the molecule is Nc1ccc2c(c1)ncn2-c1c(Cl)cc(Cl)c2nsnc12. The number of aromatic nitrogens is 4. The molecule has 4 rings (SSSR count). The maximum atomic E-state index is 6.37. The normalized spacial score (nSPS) is 11.5.